The summed E-state index contributed by atoms with van der Waals surface area (Å²) in [6.07, 6.45) is 2.37. The van der Waals surface area contributed by atoms with Gasteiger partial charge in [-0.15, -0.1) is 0 Å². The Balaban J connectivity index is 2.41. The van der Waals surface area contributed by atoms with Crippen molar-refractivity contribution in [2.24, 2.45) is 0 Å². The van der Waals surface area contributed by atoms with E-state index in [-0.39, 0.29) is 0 Å². The van der Waals surface area contributed by atoms with E-state index in [0.29, 0.717) is 13.0 Å². The smallest absolute Gasteiger partial charge is 0.323 e. The first kappa shape index (κ1) is 13.7. The van der Waals surface area contributed by atoms with E-state index >= 15 is 0 Å². The largest absolute Gasteiger partial charge is 0.480 e. The van der Waals surface area contributed by atoms with Crippen molar-refractivity contribution in [3.63, 3.8) is 0 Å². The van der Waals surface area contributed by atoms with Crippen molar-refractivity contribution in [3.8, 4) is 0 Å². The van der Waals surface area contributed by atoms with E-state index in [0.717, 1.165) is 18.4 Å². The van der Waals surface area contributed by atoms with Crippen LogP contribution < -0.4 is 5.48 Å². The highest BCUT2D eigenvalue weighted by molar-refractivity contribution is 5.73. The minimum atomic E-state index is -0.898. The van der Waals surface area contributed by atoms with Gasteiger partial charge in [0.2, 0.25) is 0 Å². The third-order valence-corrected chi connectivity index (χ3v) is 2.41. The fourth-order valence-corrected chi connectivity index (χ4v) is 1.41. The van der Waals surface area contributed by atoms with Crippen molar-refractivity contribution in [2.75, 3.05) is 6.61 Å². The van der Waals surface area contributed by atoms with Crippen LogP contribution in [0.1, 0.15) is 25.3 Å². The number of carbonyl (C=O) groups is 1. The summed E-state index contributed by atoms with van der Waals surface area (Å²) in [6, 6.07) is 8.81. The normalized spacial score (nSPS) is 12.3. The van der Waals surface area contributed by atoms with Gasteiger partial charge in [-0.05, 0) is 12.0 Å². The van der Waals surface area contributed by atoms with Crippen LogP contribution in [0.2, 0.25) is 0 Å². The molecule has 0 saturated carbocycles. The number of carboxylic acids is 1. The zero-order valence-electron chi connectivity index (χ0n) is 10.1. The van der Waals surface area contributed by atoms with Crippen molar-refractivity contribution in [3.05, 3.63) is 35.9 Å². The van der Waals surface area contributed by atoms with Gasteiger partial charge in [0.15, 0.2) is 0 Å². The van der Waals surface area contributed by atoms with Crippen LogP contribution in [0.5, 0.6) is 0 Å². The first-order valence-corrected chi connectivity index (χ1v) is 5.88. The Kier molecular flexibility index (Phi) is 6.29. The molecule has 0 amide bonds. The van der Waals surface area contributed by atoms with Crippen LogP contribution in [0.15, 0.2) is 30.3 Å². The average molecular weight is 237 g/mol. The van der Waals surface area contributed by atoms with Crippen molar-refractivity contribution >= 4 is 5.97 Å². The molecule has 0 aliphatic heterocycles. The van der Waals surface area contributed by atoms with Crippen molar-refractivity contribution in [1.29, 1.82) is 0 Å². The van der Waals surface area contributed by atoms with E-state index in [1.54, 1.807) is 0 Å². The van der Waals surface area contributed by atoms with Gasteiger partial charge >= 0.3 is 5.97 Å². The minimum absolute atomic E-state index is 0.419. The van der Waals surface area contributed by atoms with E-state index in [4.69, 9.17) is 9.94 Å². The molecule has 1 aromatic carbocycles. The van der Waals surface area contributed by atoms with Crippen LogP contribution in [0.3, 0.4) is 0 Å². The van der Waals surface area contributed by atoms with E-state index in [9.17, 15) is 4.79 Å². The lowest BCUT2D eigenvalue weighted by Crippen LogP contribution is -2.38. The van der Waals surface area contributed by atoms with Gasteiger partial charge in [0, 0.05) is 6.42 Å². The van der Waals surface area contributed by atoms with Crippen molar-refractivity contribution in [1.82, 2.24) is 5.48 Å². The molecule has 0 saturated heterocycles. The van der Waals surface area contributed by atoms with Crippen LogP contribution in [0, 0.1) is 0 Å². The maximum atomic E-state index is 11.0. The number of carboxylic acid groups (broad SMARTS) is 1. The number of benzene rings is 1. The van der Waals surface area contributed by atoms with Gasteiger partial charge in [0.1, 0.15) is 6.04 Å². The monoisotopic (exact) mass is 237 g/mol. The standard InChI is InChI=1S/C13H19NO3/c1-2-3-9-17-14-12(13(15)16)10-11-7-5-4-6-8-11/h4-8,12,14H,2-3,9-10H2,1H3,(H,15,16)/t12-/m0/s1. The van der Waals surface area contributed by atoms with Crippen LogP contribution in [-0.2, 0) is 16.1 Å². The molecule has 0 aliphatic rings. The van der Waals surface area contributed by atoms with Gasteiger partial charge in [0.05, 0.1) is 6.61 Å². The van der Waals surface area contributed by atoms with E-state index in [1.165, 1.54) is 0 Å². The second kappa shape index (κ2) is 7.81. The summed E-state index contributed by atoms with van der Waals surface area (Å²) in [6.45, 7) is 2.59. The molecule has 0 radical (unpaired) electrons. The number of rotatable bonds is 8. The van der Waals surface area contributed by atoms with Gasteiger partial charge in [-0.1, -0.05) is 43.7 Å². The first-order chi connectivity index (χ1) is 8.24. The predicted molar refractivity (Wildman–Crippen MR) is 65.6 cm³/mol. The second-order valence-electron chi connectivity index (χ2n) is 3.90. The Morgan fingerprint density at radius 3 is 2.71 bits per heavy atom. The molecule has 0 bridgehead atoms. The van der Waals surface area contributed by atoms with Crippen LogP contribution in [-0.4, -0.2) is 23.7 Å². The lowest BCUT2D eigenvalue weighted by atomic mass is 10.1. The summed E-state index contributed by atoms with van der Waals surface area (Å²) in [5.41, 5.74) is 3.58. The maximum absolute atomic E-state index is 11.0. The molecule has 17 heavy (non-hydrogen) atoms. The maximum Gasteiger partial charge on any atom is 0.323 e. The fraction of sp³-hybridized carbons (Fsp3) is 0.462. The summed E-state index contributed by atoms with van der Waals surface area (Å²) in [5.74, 6) is -0.898. The van der Waals surface area contributed by atoms with E-state index in [1.807, 2.05) is 30.3 Å². The molecular weight excluding hydrogens is 218 g/mol. The number of hydroxylamine groups is 1. The molecule has 0 aliphatic carbocycles. The quantitative estimate of drug-likeness (QED) is 0.536. The molecule has 4 nitrogen and oxygen atoms in total. The number of hydrogen-bond acceptors (Lipinski definition) is 3. The van der Waals surface area contributed by atoms with Crippen LogP contribution in [0.4, 0.5) is 0 Å². The molecule has 1 rings (SSSR count). The third kappa shape index (κ3) is 5.47. The molecule has 2 N–H and O–H groups in total. The first-order valence-electron chi connectivity index (χ1n) is 5.88. The summed E-state index contributed by atoms with van der Waals surface area (Å²) in [5, 5.41) is 9.05. The fourth-order valence-electron chi connectivity index (χ4n) is 1.41. The predicted octanol–water partition coefficient (Wildman–Crippen LogP) is 2.00. The van der Waals surface area contributed by atoms with Crippen LogP contribution in [0.25, 0.3) is 0 Å². The molecule has 0 aromatic heterocycles. The Morgan fingerprint density at radius 1 is 1.41 bits per heavy atom. The molecular formula is C13H19NO3. The topological polar surface area (TPSA) is 58.6 Å². The van der Waals surface area contributed by atoms with Gasteiger partial charge in [-0.3, -0.25) is 4.79 Å². The number of aliphatic carboxylic acids is 1. The lowest BCUT2D eigenvalue weighted by Gasteiger charge is -2.14. The molecule has 94 valence electrons. The van der Waals surface area contributed by atoms with Gasteiger partial charge in [-0.25, -0.2) is 0 Å². The Hall–Kier alpha value is -1.39. The zero-order chi connectivity index (χ0) is 12.5. The van der Waals surface area contributed by atoms with Gasteiger partial charge < -0.3 is 9.94 Å². The third-order valence-electron chi connectivity index (χ3n) is 2.41. The summed E-state index contributed by atoms with van der Waals surface area (Å²) in [4.78, 5) is 16.2. The summed E-state index contributed by atoms with van der Waals surface area (Å²) in [7, 11) is 0. The van der Waals surface area contributed by atoms with Gasteiger partial charge in [0.25, 0.3) is 0 Å². The number of nitrogens with one attached hydrogen (secondary N) is 1. The Morgan fingerprint density at radius 2 is 2.12 bits per heavy atom. The highest BCUT2D eigenvalue weighted by Crippen LogP contribution is 2.03. The number of unbranched alkanes of at least 4 members (excludes halogenated alkanes) is 1. The SMILES string of the molecule is CCCCON[C@@H](Cc1ccccc1)C(=O)O. The van der Waals surface area contributed by atoms with Crippen LogP contribution >= 0.6 is 0 Å². The molecule has 0 unspecified atom stereocenters. The van der Waals surface area contributed by atoms with Crippen molar-refractivity contribution < 1.29 is 14.7 Å². The minimum Gasteiger partial charge on any atom is -0.480 e. The van der Waals surface area contributed by atoms with E-state index < -0.39 is 12.0 Å². The second-order valence-corrected chi connectivity index (χ2v) is 3.90. The Labute approximate surface area is 102 Å². The summed E-state index contributed by atoms with van der Waals surface area (Å²) >= 11 is 0. The summed E-state index contributed by atoms with van der Waals surface area (Å²) < 4.78 is 0. The number of hydrogen-bond donors (Lipinski definition) is 2. The average Bonchev–Trinajstić information content (AvgIpc) is 2.34. The molecule has 1 aromatic rings. The lowest BCUT2D eigenvalue weighted by molar-refractivity contribution is -0.144. The van der Waals surface area contributed by atoms with Crippen molar-refractivity contribution in [2.45, 2.75) is 32.2 Å². The molecule has 1 atom stereocenters. The molecule has 0 fully saturated rings. The highest BCUT2D eigenvalue weighted by atomic mass is 16.6. The molecule has 0 spiro atoms. The Bertz CT molecular complexity index is 327. The zero-order valence-corrected chi connectivity index (χ0v) is 10.1. The van der Waals surface area contributed by atoms with E-state index in [2.05, 4.69) is 12.4 Å². The molecule has 4 heteroatoms. The molecule has 0 heterocycles. The highest BCUT2D eigenvalue weighted by Gasteiger charge is 2.17. The van der Waals surface area contributed by atoms with Gasteiger partial charge in [-0.2, -0.15) is 5.48 Å².